The highest BCUT2D eigenvalue weighted by atomic mass is 19.1. The van der Waals surface area contributed by atoms with Gasteiger partial charge in [-0.3, -0.25) is 9.78 Å². The van der Waals surface area contributed by atoms with E-state index in [1.165, 1.54) is 12.1 Å². The molecule has 0 saturated carbocycles. The van der Waals surface area contributed by atoms with Crippen molar-refractivity contribution in [2.75, 3.05) is 32.1 Å². The number of benzene rings is 1. The van der Waals surface area contributed by atoms with Crippen LogP contribution in [0.4, 0.5) is 10.2 Å². The Balaban J connectivity index is 1.42. The molecular formula is C23H23FN4O2. The van der Waals surface area contributed by atoms with E-state index in [-0.39, 0.29) is 17.8 Å². The molecule has 0 bridgehead atoms. The minimum atomic E-state index is -0.270. The number of hydrogen-bond donors (Lipinski definition) is 1. The highest BCUT2D eigenvalue weighted by molar-refractivity contribution is 5.94. The smallest absolute Gasteiger partial charge is 0.254 e. The summed E-state index contributed by atoms with van der Waals surface area (Å²) >= 11 is 0. The second-order valence-corrected chi connectivity index (χ2v) is 7.18. The third-order valence-corrected chi connectivity index (χ3v) is 5.12. The van der Waals surface area contributed by atoms with Gasteiger partial charge in [0.2, 0.25) is 0 Å². The van der Waals surface area contributed by atoms with Gasteiger partial charge in [-0.2, -0.15) is 0 Å². The minimum absolute atomic E-state index is 0.0462. The van der Waals surface area contributed by atoms with Crippen LogP contribution in [0.25, 0.3) is 0 Å². The Morgan fingerprint density at radius 3 is 2.70 bits per heavy atom. The van der Waals surface area contributed by atoms with E-state index in [4.69, 9.17) is 4.74 Å². The number of aromatic nitrogens is 2. The summed E-state index contributed by atoms with van der Waals surface area (Å²) in [6.45, 7) is 1.44. The number of rotatable bonds is 5. The van der Waals surface area contributed by atoms with E-state index in [0.717, 1.165) is 16.8 Å². The second-order valence-electron chi connectivity index (χ2n) is 7.18. The Bertz CT molecular complexity index is 1010. The van der Waals surface area contributed by atoms with Gasteiger partial charge >= 0.3 is 0 Å². The lowest BCUT2D eigenvalue weighted by Gasteiger charge is -2.32. The van der Waals surface area contributed by atoms with Crippen LogP contribution in [-0.2, 0) is 11.2 Å². The summed E-state index contributed by atoms with van der Waals surface area (Å²) in [5.74, 6) is 0.369. The van der Waals surface area contributed by atoms with Gasteiger partial charge in [-0.05, 0) is 47.9 Å². The van der Waals surface area contributed by atoms with Gasteiger partial charge in [0.15, 0.2) is 0 Å². The normalized spacial score (nSPS) is 16.3. The van der Waals surface area contributed by atoms with Crippen LogP contribution in [0.3, 0.4) is 0 Å². The zero-order valence-electron chi connectivity index (χ0n) is 16.7. The number of anilines is 1. The molecule has 1 aliphatic rings. The van der Waals surface area contributed by atoms with Gasteiger partial charge in [0, 0.05) is 31.5 Å². The predicted molar refractivity (Wildman–Crippen MR) is 112 cm³/mol. The summed E-state index contributed by atoms with van der Waals surface area (Å²) in [5.41, 5.74) is 3.44. The molecule has 1 aromatic carbocycles. The maximum Gasteiger partial charge on any atom is 0.254 e. The maximum atomic E-state index is 13.1. The number of amides is 1. The number of nitrogens with zero attached hydrogens (tertiary/aromatic N) is 3. The fourth-order valence-electron chi connectivity index (χ4n) is 3.46. The average Bonchev–Trinajstić information content (AvgIpc) is 2.81. The van der Waals surface area contributed by atoms with Crippen molar-refractivity contribution in [3.8, 4) is 0 Å². The van der Waals surface area contributed by atoms with Crippen LogP contribution in [0.2, 0.25) is 0 Å². The lowest BCUT2D eigenvalue weighted by atomic mass is 10.1. The predicted octanol–water partition coefficient (Wildman–Crippen LogP) is 3.46. The Labute approximate surface area is 174 Å². The van der Waals surface area contributed by atoms with Gasteiger partial charge < -0.3 is 15.0 Å². The zero-order valence-corrected chi connectivity index (χ0v) is 16.7. The molecule has 1 saturated heterocycles. The van der Waals surface area contributed by atoms with Gasteiger partial charge in [0.1, 0.15) is 17.7 Å². The number of pyridine rings is 2. The summed E-state index contributed by atoms with van der Waals surface area (Å²) in [7, 11) is 1.77. The molecule has 3 heterocycles. The zero-order chi connectivity index (χ0) is 20.9. The Morgan fingerprint density at radius 2 is 1.97 bits per heavy atom. The van der Waals surface area contributed by atoms with Crippen molar-refractivity contribution in [1.82, 2.24) is 14.9 Å². The van der Waals surface area contributed by atoms with Gasteiger partial charge in [-0.15, -0.1) is 0 Å². The fraction of sp³-hybridized carbons (Fsp3) is 0.261. The first-order valence-electron chi connectivity index (χ1n) is 9.86. The van der Waals surface area contributed by atoms with Crippen LogP contribution >= 0.6 is 0 Å². The van der Waals surface area contributed by atoms with E-state index in [1.54, 1.807) is 42.4 Å². The number of nitrogens with one attached hydrogen (secondary N) is 1. The van der Waals surface area contributed by atoms with Gasteiger partial charge in [0.25, 0.3) is 5.91 Å². The van der Waals surface area contributed by atoms with E-state index in [2.05, 4.69) is 15.3 Å². The van der Waals surface area contributed by atoms with Crippen LogP contribution in [0, 0.1) is 5.82 Å². The molecule has 1 fully saturated rings. The van der Waals surface area contributed by atoms with Gasteiger partial charge in [-0.1, -0.05) is 18.2 Å². The summed E-state index contributed by atoms with van der Waals surface area (Å²) < 4.78 is 18.9. The van der Waals surface area contributed by atoms with Crippen LogP contribution < -0.4 is 5.32 Å². The first-order valence-corrected chi connectivity index (χ1v) is 9.86. The van der Waals surface area contributed by atoms with Gasteiger partial charge in [0.05, 0.1) is 18.8 Å². The third kappa shape index (κ3) is 4.63. The van der Waals surface area contributed by atoms with Crippen molar-refractivity contribution in [2.45, 2.75) is 12.5 Å². The molecule has 1 amide bonds. The lowest BCUT2D eigenvalue weighted by Crippen LogP contribution is -2.42. The van der Waals surface area contributed by atoms with E-state index < -0.39 is 0 Å². The van der Waals surface area contributed by atoms with E-state index >= 15 is 0 Å². The molecule has 3 aromatic rings. The molecule has 0 spiro atoms. The number of halogens is 1. The highest BCUT2D eigenvalue weighted by Crippen LogP contribution is 2.23. The Hall–Kier alpha value is -3.32. The summed E-state index contributed by atoms with van der Waals surface area (Å²) in [4.78, 5) is 23.4. The van der Waals surface area contributed by atoms with Crippen LogP contribution in [0.1, 0.15) is 33.3 Å². The van der Waals surface area contributed by atoms with E-state index in [1.807, 2.05) is 18.3 Å². The monoisotopic (exact) mass is 406 g/mol. The largest absolute Gasteiger partial charge is 0.373 e. The standard InChI is InChI=1S/C23H23FN4O2/c1-25-22-13-18(8-9-26-22)23(29)28-10-11-30-21(15-28)20-7-4-17(14-27-20)12-16-2-5-19(24)6-3-16/h2-9,13-14,21H,10-12,15H2,1H3,(H,25,26)/t21-/m0/s1. The van der Waals surface area contributed by atoms with Crippen molar-refractivity contribution >= 4 is 11.7 Å². The van der Waals surface area contributed by atoms with E-state index in [9.17, 15) is 9.18 Å². The molecule has 1 aliphatic heterocycles. The first-order chi connectivity index (χ1) is 14.6. The lowest BCUT2D eigenvalue weighted by molar-refractivity contribution is -0.0247. The number of ether oxygens (including phenoxy) is 1. The molecule has 154 valence electrons. The molecule has 4 rings (SSSR count). The number of carbonyl (C=O) groups excluding carboxylic acids is 1. The Kier molecular flexibility index (Phi) is 5.99. The van der Waals surface area contributed by atoms with Gasteiger partial charge in [-0.25, -0.2) is 9.37 Å². The number of morpholine rings is 1. The molecule has 7 heteroatoms. The molecule has 1 atom stereocenters. The molecule has 6 nitrogen and oxygen atoms in total. The van der Waals surface area contributed by atoms with Crippen molar-refractivity contribution in [3.63, 3.8) is 0 Å². The molecule has 30 heavy (non-hydrogen) atoms. The second kappa shape index (κ2) is 9.00. The number of carbonyl (C=O) groups is 1. The number of hydrogen-bond acceptors (Lipinski definition) is 5. The van der Waals surface area contributed by atoms with E-state index in [0.29, 0.717) is 37.5 Å². The SMILES string of the molecule is CNc1cc(C(=O)N2CCO[C@H](c3ccc(Cc4ccc(F)cc4)cn3)C2)ccn1. The fourth-order valence-corrected chi connectivity index (χ4v) is 3.46. The summed E-state index contributed by atoms with van der Waals surface area (Å²) in [6.07, 6.45) is 3.84. The Morgan fingerprint density at radius 1 is 1.17 bits per heavy atom. The van der Waals surface area contributed by atoms with Crippen molar-refractivity contribution in [3.05, 3.63) is 89.1 Å². The minimum Gasteiger partial charge on any atom is -0.373 e. The molecule has 0 radical (unpaired) electrons. The highest BCUT2D eigenvalue weighted by Gasteiger charge is 2.27. The average molecular weight is 406 g/mol. The molecule has 0 unspecified atom stereocenters. The molecule has 1 N–H and O–H groups in total. The third-order valence-electron chi connectivity index (χ3n) is 5.12. The topological polar surface area (TPSA) is 67.4 Å². The van der Waals surface area contributed by atoms with Crippen molar-refractivity contribution in [2.24, 2.45) is 0 Å². The molecule has 2 aromatic heterocycles. The maximum absolute atomic E-state index is 13.1. The summed E-state index contributed by atoms with van der Waals surface area (Å²) in [6, 6.07) is 13.9. The van der Waals surface area contributed by atoms with Crippen molar-refractivity contribution in [1.29, 1.82) is 0 Å². The van der Waals surface area contributed by atoms with Crippen LogP contribution in [0.15, 0.2) is 60.9 Å². The van der Waals surface area contributed by atoms with Crippen molar-refractivity contribution < 1.29 is 13.9 Å². The molecular weight excluding hydrogens is 383 g/mol. The quantitative estimate of drug-likeness (QED) is 0.703. The molecule has 0 aliphatic carbocycles. The summed E-state index contributed by atoms with van der Waals surface area (Å²) in [5, 5.41) is 2.95. The first kappa shape index (κ1) is 20.0. The van der Waals surface area contributed by atoms with Crippen LogP contribution in [-0.4, -0.2) is 47.5 Å². The van der Waals surface area contributed by atoms with Crippen LogP contribution in [0.5, 0.6) is 0 Å².